The number of rotatable bonds is 8. The van der Waals surface area contributed by atoms with Crippen LogP contribution in [0.3, 0.4) is 0 Å². The fourth-order valence-electron chi connectivity index (χ4n) is 1.63. The number of ketones is 1. The third-order valence-electron chi connectivity index (χ3n) is 2.59. The molecule has 0 saturated carbocycles. The highest BCUT2D eigenvalue weighted by atomic mass is 16.6. The van der Waals surface area contributed by atoms with Gasteiger partial charge in [0, 0.05) is 12.3 Å². The van der Waals surface area contributed by atoms with E-state index in [9.17, 15) is 14.4 Å². The van der Waals surface area contributed by atoms with E-state index in [-0.39, 0.29) is 19.0 Å². The van der Waals surface area contributed by atoms with Crippen LogP contribution in [0.2, 0.25) is 0 Å². The van der Waals surface area contributed by atoms with E-state index in [0.717, 1.165) is 0 Å². The van der Waals surface area contributed by atoms with Gasteiger partial charge in [-0.15, -0.1) is 0 Å². The molecule has 0 aromatic carbocycles. The molecule has 5 nitrogen and oxygen atoms in total. The first-order chi connectivity index (χ1) is 8.49. The van der Waals surface area contributed by atoms with Crippen molar-refractivity contribution in [3.63, 3.8) is 0 Å². The molecule has 0 aliphatic carbocycles. The van der Waals surface area contributed by atoms with Crippen molar-refractivity contribution in [2.75, 3.05) is 13.2 Å². The molecular weight excluding hydrogens is 236 g/mol. The van der Waals surface area contributed by atoms with E-state index in [1.54, 1.807) is 20.8 Å². The van der Waals surface area contributed by atoms with Gasteiger partial charge in [-0.3, -0.25) is 14.4 Å². The Morgan fingerprint density at radius 3 is 1.72 bits per heavy atom. The van der Waals surface area contributed by atoms with Crippen LogP contribution in [0.1, 0.15) is 40.5 Å². The van der Waals surface area contributed by atoms with Gasteiger partial charge in [-0.1, -0.05) is 13.8 Å². The zero-order valence-corrected chi connectivity index (χ0v) is 11.5. The minimum Gasteiger partial charge on any atom is -0.465 e. The molecule has 0 aromatic rings. The summed E-state index contributed by atoms with van der Waals surface area (Å²) in [6.45, 7) is 7.08. The van der Waals surface area contributed by atoms with E-state index in [1.165, 1.54) is 0 Å². The van der Waals surface area contributed by atoms with Gasteiger partial charge in [0.25, 0.3) is 0 Å². The smallest absolute Gasteiger partial charge is 0.321 e. The maximum absolute atomic E-state index is 11.8. The van der Waals surface area contributed by atoms with Gasteiger partial charge in [-0.2, -0.15) is 0 Å². The Morgan fingerprint density at radius 1 is 0.944 bits per heavy atom. The summed E-state index contributed by atoms with van der Waals surface area (Å²) in [5, 5.41) is 0. The molecule has 1 unspecified atom stereocenters. The van der Waals surface area contributed by atoms with Crippen LogP contribution in [-0.4, -0.2) is 30.9 Å². The predicted octanol–water partition coefficient (Wildman–Crippen LogP) is 1.73. The van der Waals surface area contributed by atoms with Crippen molar-refractivity contribution in [3.05, 3.63) is 0 Å². The van der Waals surface area contributed by atoms with Crippen molar-refractivity contribution in [3.8, 4) is 0 Å². The van der Waals surface area contributed by atoms with Crippen LogP contribution in [0.25, 0.3) is 0 Å². The lowest BCUT2D eigenvalue weighted by atomic mass is 9.88. The first kappa shape index (κ1) is 16.6. The van der Waals surface area contributed by atoms with Crippen LogP contribution in [0.5, 0.6) is 0 Å². The molecule has 0 radical (unpaired) electrons. The van der Waals surface area contributed by atoms with Crippen molar-refractivity contribution in [1.82, 2.24) is 0 Å². The lowest BCUT2D eigenvalue weighted by Crippen LogP contribution is -2.36. The molecule has 0 spiro atoms. The number of carbonyl (C=O) groups is 3. The third-order valence-corrected chi connectivity index (χ3v) is 2.59. The SMILES string of the molecule is CCCC(=O)C(C)C(C(=O)OCC)C(=O)OCC. The number of hydrogen-bond donors (Lipinski definition) is 0. The molecule has 0 aliphatic rings. The van der Waals surface area contributed by atoms with E-state index < -0.39 is 23.8 Å². The predicted molar refractivity (Wildman–Crippen MR) is 65.8 cm³/mol. The molecule has 104 valence electrons. The summed E-state index contributed by atoms with van der Waals surface area (Å²) in [6, 6.07) is 0. The van der Waals surface area contributed by atoms with E-state index in [0.29, 0.717) is 12.8 Å². The van der Waals surface area contributed by atoms with Gasteiger partial charge >= 0.3 is 11.9 Å². The van der Waals surface area contributed by atoms with Gasteiger partial charge in [-0.05, 0) is 20.3 Å². The van der Waals surface area contributed by atoms with Gasteiger partial charge < -0.3 is 9.47 Å². The quantitative estimate of drug-likeness (QED) is 0.490. The Morgan fingerprint density at radius 2 is 1.39 bits per heavy atom. The summed E-state index contributed by atoms with van der Waals surface area (Å²) in [6.07, 6.45) is 1.03. The number of hydrogen-bond acceptors (Lipinski definition) is 5. The Labute approximate surface area is 108 Å². The second-order valence-corrected chi connectivity index (χ2v) is 3.99. The summed E-state index contributed by atoms with van der Waals surface area (Å²) in [4.78, 5) is 35.3. The molecule has 0 aliphatic heterocycles. The fraction of sp³-hybridized carbons (Fsp3) is 0.769. The number of Topliss-reactive ketones (excluding diaryl/α,β-unsaturated/α-hetero) is 1. The van der Waals surface area contributed by atoms with E-state index in [2.05, 4.69) is 0 Å². The van der Waals surface area contributed by atoms with E-state index in [4.69, 9.17) is 9.47 Å². The summed E-state index contributed by atoms with van der Waals surface area (Å²) < 4.78 is 9.66. The zero-order chi connectivity index (χ0) is 14.1. The number of carbonyl (C=O) groups excluding carboxylic acids is 3. The first-order valence-corrected chi connectivity index (χ1v) is 6.35. The van der Waals surface area contributed by atoms with Gasteiger partial charge in [-0.25, -0.2) is 0 Å². The number of esters is 2. The van der Waals surface area contributed by atoms with Gasteiger partial charge in [0.1, 0.15) is 5.78 Å². The largest absolute Gasteiger partial charge is 0.465 e. The lowest BCUT2D eigenvalue weighted by Gasteiger charge is -2.19. The highest BCUT2D eigenvalue weighted by Gasteiger charge is 2.38. The van der Waals surface area contributed by atoms with E-state index >= 15 is 0 Å². The molecule has 0 heterocycles. The normalized spacial score (nSPS) is 12.1. The van der Waals surface area contributed by atoms with Crippen LogP contribution >= 0.6 is 0 Å². The van der Waals surface area contributed by atoms with Crippen molar-refractivity contribution in [1.29, 1.82) is 0 Å². The second kappa shape index (κ2) is 8.66. The minimum atomic E-state index is -1.15. The Bertz CT molecular complexity index is 280. The fourth-order valence-corrected chi connectivity index (χ4v) is 1.63. The molecule has 18 heavy (non-hydrogen) atoms. The average Bonchev–Trinajstić information content (AvgIpc) is 2.30. The molecule has 0 bridgehead atoms. The molecule has 0 saturated heterocycles. The van der Waals surface area contributed by atoms with Gasteiger partial charge in [0.2, 0.25) is 0 Å². The zero-order valence-electron chi connectivity index (χ0n) is 11.5. The number of ether oxygens (including phenoxy) is 2. The maximum atomic E-state index is 11.8. The highest BCUT2D eigenvalue weighted by Crippen LogP contribution is 2.19. The molecule has 0 rings (SSSR count). The van der Waals surface area contributed by atoms with Crippen LogP contribution in [-0.2, 0) is 23.9 Å². The van der Waals surface area contributed by atoms with Gasteiger partial charge in [0.15, 0.2) is 5.92 Å². The summed E-state index contributed by atoms with van der Waals surface area (Å²) in [5.41, 5.74) is 0. The Hall–Kier alpha value is -1.39. The monoisotopic (exact) mass is 258 g/mol. The second-order valence-electron chi connectivity index (χ2n) is 3.99. The van der Waals surface area contributed by atoms with Crippen LogP contribution in [0.4, 0.5) is 0 Å². The molecule has 0 fully saturated rings. The van der Waals surface area contributed by atoms with E-state index in [1.807, 2.05) is 6.92 Å². The molecular formula is C13H22O5. The minimum absolute atomic E-state index is 0.122. The summed E-state index contributed by atoms with van der Waals surface area (Å²) in [5.74, 6) is -3.35. The lowest BCUT2D eigenvalue weighted by molar-refractivity contribution is -0.166. The van der Waals surface area contributed by atoms with Crippen molar-refractivity contribution in [2.45, 2.75) is 40.5 Å². The van der Waals surface area contributed by atoms with Crippen molar-refractivity contribution >= 4 is 17.7 Å². The molecule has 0 N–H and O–H groups in total. The molecule has 0 aromatic heterocycles. The van der Waals surface area contributed by atoms with Gasteiger partial charge in [0.05, 0.1) is 13.2 Å². The molecule has 0 amide bonds. The highest BCUT2D eigenvalue weighted by molar-refractivity contribution is 6.00. The van der Waals surface area contributed by atoms with Crippen LogP contribution in [0, 0.1) is 11.8 Å². The first-order valence-electron chi connectivity index (χ1n) is 6.35. The van der Waals surface area contributed by atoms with Crippen LogP contribution < -0.4 is 0 Å². The molecule has 5 heteroatoms. The average molecular weight is 258 g/mol. The van der Waals surface area contributed by atoms with Crippen molar-refractivity contribution < 1.29 is 23.9 Å². The Balaban J connectivity index is 4.89. The molecule has 1 atom stereocenters. The maximum Gasteiger partial charge on any atom is 0.321 e. The standard InChI is InChI=1S/C13H22O5/c1-5-8-10(14)9(4)11(12(15)17-6-2)13(16)18-7-3/h9,11H,5-8H2,1-4H3. The van der Waals surface area contributed by atoms with Crippen molar-refractivity contribution in [2.24, 2.45) is 11.8 Å². The Kier molecular flexibility index (Phi) is 8.00. The summed E-state index contributed by atoms with van der Waals surface area (Å²) >= 11 is 0. The van der Waals surface area contributed by atoms with Crippen LogP contribution in [0.15, 0.2) is 0 Å². The topological polar surface area (TPSA) is 69.7 Å². The summed E-state index contributed by atoms with van der Waals surface area (Å²) in [7, 11) is 0. The third kappa shape index (κ3) is 4.85.